The number of halogens is 2. The number of aromatic nitrogens is 1. The predicted octanol–water partition coefficient (Wildman–Crippen LogP) is 3.42. The van der Waals surface area contributed by atoms with Crippen molar-refractivity contribution in [2.24, 2.45) is 0 Å². The van der Waals surface area contributed by atoms with Crippen LogP contribution in [0.15, 0.2) is 36.5 Å². The molecule has 1 heterocycles. The van der Waals surface area contributed by atoms with Crippen LogP contribution in [0, 0.1) is 21.7 Å². The second-order valence-corrected chi connectivity index (χ2v) is 6.29. The van der Waals surface area contributed by atoms with Crippen LogP contribution >= 0.6 is 0 Å². The van der Waals surface area contributed by atoms with Crippen LogP contribution in [0.25, 0.3) is 10.9 Å². The molecule has 0 spiro atoms. The van der Waals surface area contributed by atoms with E-state index in [1.54, 1.807) is 0 Å². The topological polar surface area (TPSA) is 126 Å². The molecule has 3 aromatic rings. The van der Waals surface area contributed by atoms with Gasteiger partial charge < -0.3 is 9.72 Å². The lowest BCUT2D eigenvalue weighted by molar-refractivity contribution is -0.383. The molecule has 0 fully saturated rings. The SMILES string of the molecule is COC(=O)c1cc(F)c(N(c2ccc3c([N+](=O)[O-])c[nH]c3c2)S(=O)O)cc1F. The maximum absolute atomic E-state index is 14.5. The Bertz CT molecular complexity index is 1130. The number of fused-ring (bicyclic) bond motifs is 1. The smallest absolute Gasteiger partial charge is 0.340 e. The Morgan fingerprint density at radius 1 is 1.29 bits per heavy atom. The molecule has 0 aliphatic rings. The molecule has 28 heavy (non-hydrogen) atoms. The Balaban J connectivity index is 2.14. The lowest BCUT2D eigenvalue weighted by Gasteiger charge is -2.21. The van der Waals surface area contributed by atoms with E-state index in [-0.39, 0.29) is 22.3 Å². The molecule has 1 atom stereocenters. The molecule has 0 aliphatic heterocycles. The van der Waals surface area contributed by atoms with Crippen molar-refractivity contribution in [2.45, 2.75) is 0 Å². The largest absolute Gasteiger partial charge is 0.465 e. The van der Waals surface area contributed by atoms with Crippen molar-refractivity contribution in [3.05, 3.63) is 63.8 Å². The van der Waals surface area contributed by atoms with Crippen molar-refractivity contribution in [2.75, 3.05) is 11.4 Å². The van der Waals surface area contributed by atoms with Crippen LogP contribution in [0.2, 0.25) is 0 Å². The van der Waals surface area contributed by atoms with E-state index >= 15 is 0 Å². The zero-order chi connectivity index (χ0) is 20.6. The van der Waals surface area contributed by atoms with Gasteiger partial charge in [0.15, 0.2) is 0 Å². The number of carbonyl (C=O) groups excluding carboxylic acids is 1. The quantitative estimate of drug-likeness (QED) is 0.287. The maximum Gasteiger partial charge on any atom is 0.340 e. The van der Waals surface area contributed by atoms with Gasteiger partial charge in [-0.25, -0.2) is 22.1 Å². The van der Waals surface area contributed by atoms with Gasteiger partial charge in [0.05, 0.1) is 46.1 Å². The molecule has 9 nitrogen and oxygen atoms in total. The fraction of sp³-hybridized carbons (Fsp3) is 0.0625. The third-order valence-electron chi connectivity index (χ3n) is 3.89. The van der Waals surface area contributed by atoms with E-state index in [9.17, 15) is 32.5 Å². The van der Waals surface area contributed by atoms with Crippen molar-refractivity contribution in [1.29, 1.82) is 0 Å². The fourth-order valence-corrected chi connectivity index (χ4v) is 3.25. The average Bonchev–Trinajstić information content (AvgIpc) is 3.07. The minimum Gasteiger partial charge on any atom is -0.465 e. The summed E-state index contributed by atoms with van der Waals surface area (Å²) in [7, 11) is 0.993. The summed E-state index contributed by atoms with van der Waals surface area (Å²) in [6.45, 7) is 0. The van der Waals surface area contributed by atoms with E-state index in [4.69, 9.17) is 0 Å². The van der Waals surface area contributed by atoms with Gasteiger partial charge >= 0.3 is 5.97 Å². The normalized spacial score (nSPS) is 12.0. The van der Waals surface area contributed by atoms with Crippen LogP contribution in [0.1, 0.15) is 10.4 Å². The minimum atomic E-state index is -2.83. The Labute approximate surface area is 158 Å². The summed E-state index contributed by atoms with van der Waals surface area (Å²) < 4.78 is 55.0. The number of nitrogens with one attached hydrogen (secondary N) is 1. The highest BCUT2D eigenvalue weighted by Crippen LogP contribution is 2.34. The van der Waals surface area contributed by atoms with Crippen molar-refractivity contribution in [3.8, 4) is 0 Å². The summed E-state index contributed by atoms with van der Waals surface area (Å²) in [6.07, 6.45) is 1.14. The molecular formula is C16H11F2N3O6S. The number of hydrogen-bond donors (Lipinski definition) is 2. The molecule has 0 amide bonds. The summed E-state index contributed by atoms with van der Waals surface area (Å²) in [5, 5.41) is 11.2. The molecular weight excluding hydrogens is 400 g/mol. The first-order valence-corrected chi connectivity index (χ1v) is 8.55. The molecule has 0 saturated carbocycles. The van der Waals surface area contributed by atoms with Crippen LogP contribution in [-0.4, -0.2) is 31.7 Å². The number of methoxy groups -OCH3 is 1. The maximum atomic E-state index is 14.5. The van der Waals surface area contributed by atoms with Crippen molar-refractivity contribution in [3.63, 3.8) is 0 Å². The van der Waals surface area contributed by atoms with Crippen molar-refractivity contribution in [1.82, 2.24) is 4.98 Å². The van der Waals surface area contributed by atoms with Gasteiger partial charge in [-0.3, -0.25) is 14.7 Å². The van der Waals surface area contributed by atoms with Crippen molar-refractivity contribution < 1.29 is 32.0 Å². The highest BCUT2D eigenvalue weighted by molar-refractivity contribution is 7.81. The second-order valence-electron chi connectivity index (χ2n) is 5.46. The molecule has 0 radical (unpaired) electrons. The Morgan fingerprint density at radius 3 is 2.61 bits per heavy atom. The minimum absolute atomic E-state index is 0.0470. The summed E-state index contributed by atoms with van der Waals surface area (Å²) in [6, 6.07) is 4.94. The molecule has 0 bridgehead atoms. The summed E-state index contributed by atoms with van der Waals surface area (Å²) >= 11 is -2.83. The number of H-pyrrole nitrogens is 1. The van der Waals surface area contributed by atoms with Crippen molar-refractivity contribution >= 4 is 45.2 Å². The zero-order valence-corrected chi connectivity index (χ0v) is 14.8. The van der Waals surface area contributed by atoms with E-state index in [0.717, 1.165) is 13.3 Å². The molecule has 1 aromatic heterocycles. The van der Waals surface area contributed by atoms with E-state index in [2.05, 4.69) is 9.72 Å². The van der Waals surface area contributed by atoms with E-state index in [0.29, 0.717) is 16.4 Å². The molecule has 3 rings (SSSR count). The third kappa shape index (κ3) is 3.30. The molecule has 12 heteroatoms. The molecule has 0 saturated heterocycles. The number of rotatable bonds is 5. The number of benzene rings is 2. The first-order valence-electron chi connectivity index (χ1n) is 7.48. The van der Waals surface area contributed by atoms with E-state index in [1.807, 2.05) is 0 Å². The van der Waals surface area contributed by atoms with Gasteiger partial charge in [0, 0.05) is 6.07 Å². The first-order chi connectivity index (χ1) is 13.2. The molecule has 1 unspecified atom stereocenters. The number of nitro groups is 1. The summed E-state index contributed by atoms with van der Waals surface area (Å²) in [5.41, 5.74) is -1.31. The highest BCUT2D eigenvalue weighted by Gasteiger charge is 2.25. The number of aromatic amines is 1. The second kappa shape index (κ2) is 7.32. The number of esters is 1. The van der Waals surface area contributed by atoms with E-state index in [1.165, 1.54) is 18.2 Å². The number of ether oxygens (including phenoxy) is 1. The van der Waals surface area contributed by atoms with Gasteiger partial charge in [0.2, 0.25) is 0 Å². The van der Waals surface area contributed by atoms with Gasteiger partial charge in [-0.2, -0.15) is 0 Å². The molecule has 2 N–H and O–H groups in total. The lowest BCUT2D eigenvalue weighted by atomic mass is 10.1. The van der Waals surface area contributed by atoms with E-state index < -0.39 is 45.0 Å². The average molecular weight is 411 g/mol. The van der Waals surface area contributed by atoms with Gasteiger partial charge in [-0.05, 0) is 24.3 Å². The monoisotopic (exact) mass is 411 g/mol. The predicted molar refractivity (Wildman–Crippen MR) is 95.6 cm³/mol. The lowest BCUT2D eigenvalue weighted by Crippen LogP contribution is -2.21. The van der Waals surface area contributed by atoms with Crippen LogP contribution in [0.4, 0.5) is 25.8 Å². The summed E-state index contributed by atoms with van der Waals surface area (Å²) in [5.74, 6) is -3.42. The van der Waals surface area contributed by atoms with Gasteiger partial charge in [0.1, 0.15) is 11.6 Å². The van der Waals surface area contributed by atoms with Gasteiger partial charge in [-0.1, -0.05) is 0 Å². The van der Waals surface area contributed by atoms with Gasteiger partial charge in [-0.15, -0.1) is 0 Å². The van der Waals surface area contributed by atoms with Gasteiger partial charge in [0.25, 0.3) is 17.0 Å². The molecule has 146 valence electrons. The van der Waals surface area contributed by atoms with Crippen LogP contribution in [0.3, 0.4) is 0 Å². The third-order valence-corrected chi connectivity index (χ3v) is 4.61. The molecule has 2 aromatic carbocycles. The standard InChI is InChI=1S/C16H11F2N3O6S/c1-27-16(22)10-5-12(18)14(6-11(10)17)20(28(25)26)8-2-3-9-13(4-8)19-7-15(9)21(23)24/h2-7,19H,1H3,(H,25,26). The highest BCUT2D eigenvalue weighted by atomic mass is 32.2. The zero-order valence-electron chi connectivity index (χ0n) is 14.0. The number of carbonyl (C=O) groups is 1. The molecule has 0 aliphatic carbocycles. The fourth-order valence-electron chi connectivity index (χ4n) is 2.65. The Kier molecular flexibility index (Phi) is 5.07. The van der Waals surface area contributed by atoms with Crippen LogP contribution < -0.4 is 4.31 Å². The number of hydrogen-bond acceptors (Lipinski definition) is 5. The van der Waals surface area contributed by atoms with Crippen LogP contribution in [-0.2, 0) is 16.0 Å². The Hall–Kier alpha value is -3.38. The Morgan fingerprint density at radius 2 is 2.00 bits per heavy atom. The van der Waals surface area contributed by atoms with Crippen LogP contribution in [0.5, 0.6) is 0 Å². The number of nitrogens with zero attached hydrogens (tertiary/aromatic N) is 2. The summed E-state index contributed by atoms with van der Waals surface area (Å²) in [4.78, 5) is 24.5. The number of anilines is 2. The first kappa shape index (κ1) is 19.4.